The summed E-state index contributed by atoms with van der Waals surface area (Å²) >= 11 is 0. The number of pyridine rings is 1. The molecule has 1 heterocycles. The third kappa shape index (κ3) is 2.54. The molecule has 0 radical (unpaired) electrons. The van der Waals surface area contributed by atoms with E-state index in [1.54, 1.807) is 0 Å². The number of carbonyl (C=O) groups excluding carboxylic acids is 1. The molecule has 1 unspecified atom stereocenters. The van der Waals surface area contributed by atoms with Crippen molar-refractivity contribution in [2.45, 2.75) is 5.92 Å². The fraction of sp³-hybridized carbons (Fsp3) is 0.300. The van der Waals surface area contributed by atoms with Crippen LogP contribution in [0.15, 0.2) is 18.3 Å². The highest BCUT2D eigenvalue weighted by Gasteiger charge is 2.19. The Morgan fingerprint density at radius 1 is 1.56 bits per heavy atom. The highest BCUT2D eigenvalue weighted by Crippen LogP contribution is 2.12. The van der Waals surface area contributed by atoms with Crippen LogP contribution in [0.5, 0.6) is 0 Å². The molecule has 0 aliphatic carbocycles. The first-order valence-electron chi connectivity index (χ1n) is 4.57. The lowest BCUT2D eigenvalue weighted by molar-refractivity contribution is -0.138. The lowest BCUT2D eigenvalue weighted by atomic mass is 10.1. The molecule has 0 aliphatic heterocycles. The summed E-state index contributed by atoms with van der Waals surface area (Å²) in [6.07, 6.45) is 1.27. The number of hydrogen-bond acceptors (Lipinski definition) is 5. The number of esters is 1. The van der Waals surface area contributed by atoms with Crippen LogP contribution in [0.4, 0.5) is 0 Å². The Labute approximate surface area is 92.0 Å². The van der Waals surface area contributed by atoms with Crippen LogP contribution in [-0.4, -0.2) is 35.7 Å². The summed E-state index contributed by atoms with van der Waals surface area (Å²) in [7, 11) is 1.26. The second kappa shape index (κ2) is 5.22. The van der Waals surface area contributed by atoms with Crippen LogP contribution >= 0.6 is 0 Å². The lowest BCUT2D eigenvalue weighted by Crippen LogP contribution is -2.22. The normalized spacial score (nSPS) is 11.9. The Morgan fingerprint density at radius 2 is 2.25 bits per heavy atom. The first-order valence-corrected chi connectivity index (χ1v) is 4.57. The first kappa shape index (κ1) is 12.1. The second-order valence-corrected chi connectivity index (χ2v) is 3.09. The molecule has 0 saturated heterocycles. The van der Waals surface area contributed by atoms with Gasteiger partial charge in [0.2, 0.25) is 0 Å². The van der Waals surface area contributed by atoms with Gasteiger partial charge in [-0.25, -0.2) is 4.79 Å². The van der Waals surface area contributed by atoms with E-state index >= 15 is 0 Å². The highest BCUT2D eigenvalue weighted by molar-refractivity contribution is 5.89. The highest BCUT2D eigenvalue weighted by atomic mass is 16.5. The maximum absolute atomic E-state index is 11.1. The van der Waals surface area contributed by atoms with Gasteiger partial charge in [0.15, 0.2) is 0 Å². The number of nitrogens with two attached hydrogens (primary N) is 1. The molecule has 0 fully saturated rings. The van der Waals surface area contributed by atoms with E-state index in [1.807, 2.05) is 0 Å². The standard InChI is InChI=1S/C10H12N2O4/c1-16-10(15)6-2-3-8(12-5-6)7(4-11)9(13)14/h2-3,5,7H,4,11H2,1H3,(H,13,14). The summed E-state index contributed by atoms with van der Waals surface area (Å²) < 4.78 is 4.49. The largest absolute Gasteiger partial charge is 0.481 e. The maximum Gasteiger partial charge on any atom is 0.339 e. The van der Waals surface area contributed by atoms with Gasteiger partial charge in [-0.1, -0.05) is 0 Å². The number of ether oxygens (including phenoxy) is 1. The van der Waals surface area contributed by atoms with Crippen LogP contribution in [0, 0.1) is 0 Å². The molecule has 1 aromatic heterocycles. The number of rotatable bonds is 4. The Bertz CT molecular complexity index is 388. The number of aromatic nitrogens is 1. The summed E-state index contributed by atoms with van der Waals surface area (Å²) in [5.74, 6) is -2.41. The second-order valence-electron chi connectivity index (χ2n) is 3.09. The predicted octanol–water partition coefficient (Wildman–Crippen LogP) is -0.00490. The van der Waals surface area contributed by atoms with Gasteiger partial charge in [-0.05, 0) is 12.1 Å². The average Bonchev–Trinajstić information content (AvgIpc) is 2.29. The monoisotopic (exact) mass is 224 g/mol. The molecule has 86 valence electrons. The molecule has 6 nitrogen and oxygen atoms in total. The van der Waals surface area contributed by atoms with Crippen molar-refractivity contribution < 1.29 is 19.4 Å². The predicted molar refractivity (Wildman–Crippen MR) is 55.0 cm³/mol. The summed E-state index contributed by atoms with van der Waals surface area (Å²) in [6, 6.07) is 2.91. The van der Waals surface area contributed by atoms with Gasteiger partial charge in [0.25, 0.3) is 0 Å². The van der Waals surface area contributed by atoms with Crippen molar-refractivity contribution in [3.05, 3.63) is 29.6 Å². The van der Waals surface area contributed by atoms with E-state index in [2.05, 4.69) is 9.72 Å². The first-order chi connectivity index (χ1) is 7.60. The van der Waals surface area contributed by atoms with Crippen molar-refractivity contribution in [2.24, 2.45) is 5.73 Å². The van der Waals surface area contributed by atoms with Crippen LogP contribution < -0.4 is 5.73 Å². The van der Waals surface area contributed by atoms with Crippen molar-refractivity contribution in [2.75, 3.05) is 13.7 Å². The molecule has 0 aliphatic rings. The summed E-state index contributed by atoms with van der Waals surface area (Å²) in [5.41, 5.74) is 5.91. The van der Waals surface area contributed by atoms with Crippen LogP contribution in [0.1, 0.15) is 22.0 Å². The molecular weight excluding hydrogens is 212 g/mol. The van der Waals surface area contributed by atoms with Crippen LogP contribution in [0.2, 0.25) is 0 Å². The SMILES string of the molecule is COC(=O)c1ccc(C(CN)C(=O)O)nc1. The van der Waals surface area contributed by atoms with Gasteiger partial charge in [0, 0.05) is 12.7 Å². The van der Waals surface area contributed by atoms with E-state index in [9.17, 15) is 9.59 Å². The van der Waals surface area contributed by atoms with Crippen molar-refractivity contribution >= 4 is 11.9 Å². The van der Waals surface area contributed by atoms with E-state index in [-0.39, 0.29) is 12.1 Å². The third-order valence-electron chi connectivity index (χ3n) is 2.10. The van der Waals surface area contributed by atoms with Crippen LogP contribution in [0.3, 0.4) is 0 Å². The quantitative estimate of drug-likeness (QED) is 0.697. The Kier molecular flexibility index (Phi) is 3.96. The minimum Gasteiger partial charge on any atom is -0.481 e. The minimum absolute atomic E-state index is 0.0418. The zero-order valence-electron chi connectivity index (χ0n) is 8.71. The topological polar surface area (TPSA) is 103 Å². The fourth-order valence-electron chi connectivity index (χ4n) is 1.20. The molecule has 1 aromatic rings. The molecule has 0 saturated carbocycles. The van der Waals surface area contributed by atoms with E-state index in [0.717, 1.165) is 0 Å². The molecule has 0 amide bonds. The Morgan fingerprint density at radius 3 is 2.62 bits per heavy atom. The lowest BCUT2D eigenvalue weighted by Gasteiger charge is -2.08. The van der Waals surface area contributed by atoms with E-state index < -0.39 is 17.9 Å². The summed E-state index contributed by atoms with van der Waals surface area (Å²) in [4.78, 5) is 25.8. The number of aliphatic carboxylic acids is 1. The van der Waals surface area contributed by atoms with Crippen molar-refractivity contribution in [3.63, 3.8) is 0 Å². The van der Waals surface area contributed by atoms with Gasteiger partial charge in [-0.2, -0.15) is 0 Å². The Hall–Kier alpha value is -1.95. The number of nitrogens with zero attached hydrogens (tertiary/aromatic N) is 1. The molecule has 1 atom stereocenters. The number of methoxy groups -OCH3 is 1. The van der Waals surface area contributed by atoms with E-state index in [0.29, 0.717) is 5.69 Å². The summed E-state index contributed by atoms with van der Waals surface area (Å²) in [5, 5.41) is 8.84. The number of carbonyl (C=O) groups is 2. The minimum atomic E-state index is -1.04. The van der Waals surface area contributed by atoms with Gasteiger partial charge < -0.3 is 15.6 Å². The van der Waals surface area contributed by atoms with Gasteiger partial charge >= 0.3 is 11.9 Å². The number of carboxylic acids is 1. The van der Waals surface area contributed by atoms with Crippen molar-refractivity contribution in [1.29, 1.82) is 0 Å². The maximum atomic E-state index is 11.1. The molecule has 3 N–H and O–H groups in total. The molecule has 0 bridgehead atoms. The number of carboxylic acid groups (broad SMARTS) is 1. The molecule has 16 heavy (non-hydrogen) atoms. The van der Waals surface area contributed by atoms with Crippen molar-refractivity contribution in [1.82, 2.24) is 4.98 Å². The molecular formula is C10H12N2O4. The fourth-order valence-corrected chi connectivity index (χ4v) is 1.20. The third-order valence-corrected chi connectivity index (χ3v) is 2.10. The zero-order chi connectivity index (χ0) is 12.1. The summed E-state index contributed by atoms with van der Waals surface area (Å²) in [6.45, 7) is -0.0418. The zero-order valence-corrected chi connectivity index (χ0v) is 8.71. The van der Waals surface area contributed by atoms with Gasteiger partial charge in [0.05, 0.1) is 18.4 Å². The average molecular weight is 224 g/mol. The molecule has 6 heteroatoms. The van der Waals surface area contributed by atoms with Gasteiger partial charge in [-0.3, -0.25) is 9.78 Å². The van der Waals surface area contributed by atoms with Crippen molar-refractivity contribution in [3.8, 4) is 0 Å². The van der Waals surface area contributed by atoms with Crippen LogP contribution in [-0.2, 0) is 9.53 Å². The molecule has 0 spiro atoms. The smallest absolute Gasteiger partial charge is 0.339 e. The van der Waals surface area contributed by atoms with E-state index in [4.69, 9.17) is 10.8 Å². The molecule has 0 aromatic carbocycles. The van der Waals surface area contributed by atoms with Gasteiger partial charge in [-0.15, -0.1) is 0 Å². The van der Waals surface area contributed by atoms with Crippen LogP contribution in [0.25, 0.3) is 0 Å². The molecule has 1 rings (SSSR count). The van der Waals surface area contributed by atoms with Gasteiger partial charge in [0.1, 0.15) is 5.92 Å². The van der Waals surface area contributed by atoms with E-state index in [1.165, 1.54) is 25.4 Å². The number of hydrogen-bond donors (Lipinski definition) is 2. The Balaban J connectivity index is 2.93.